The van der Waals surface area contributed by atoms with Crippen molar-refractivity contribution in [3.63, 3.8) is 0 Å². The van der Waals surface area contributed by atoms with Crippen molar-refractivity contribution in [2.45, 2.75) is 18.6 Å². The minimum atomic E-state index is -1.15. The highest BCUT2D eigenvalue weighted by molar-refractivity contribution is 6.35. The Morgan fingerprint density at radius 2 is 1.85 bits per heavy atom. The number of aliphatic carboxylic acids is 1. The molecule has 108 valence electrons. The number of benzene rings is 1. The number of carbonyl (C=O) groups excluding carboxylic acids is 1. The Morgan fingerprint density at radius 3 is 2.40 bits per heavy atom. The van der Waals surface area contributed by atoms with Gasteiger partial charge in [-0.05, 0) is 18.2 Å². The van der Waals surface area contributed by atoms with E-state index < -0.39 is 24.1 Å². The summed E-state index contributed by atoms with van der Waals surface area (Å²) in [6, 6.07) is 2.84. The van der Waals surface area contributed by atoms with Gasteiger partial charge in [0.2, 0.25) is 0 Å². The van der Waals surface area contributed by atoms with Crippen molar-refractivity contribution in [2.75, 3.05) is 11.9 Å². The SMILES string of the molecule is O=C(O)C1CC(O)CN1C(=O)Nc1cc(Cl)cc(Cl)c1. The third-order valence-corrected chi connectivity index (χ3v) is 3.38. The van der Waals surface area contributed by atoms with Gasteiger partial charge < -0.3 is 20.4 Å². The molecule has 2 rings (SSSR count). The molecule has 0 aromatic heterocycles. The molecule has 2 atom stereocenters. The normalized spacial score (nSPS) is 21.9. The second-order valence-electron chi connectivity index (χ2n) is 4.48. The fourth-order valence-corrected chi connectivity index (χ4v) is 2.62. The maximum absolute atomic E-state index is 12.1. The number of nitrogens with one attached hydrogen (secondary N) is 1. The van der Waals surface area contributed by atoms with Crippen molar-refractivity contribution in [1.82, 2.24) is 4.90 Å². The lowest BCUT2D eigenvalue weighted by atomic mass is 10.2. The largest absolute Gasteiger partial charge is 0.480 e. The zero-order valence-electron chi connectivity index (χ0n) is 10.2. The van der Waals surface area contributed by atoms with Gasteiger partial charge >= 0.3 is 12.0 Å². The van der Waals surface area contributed by atoms with Crippen LogP contribution in [0.15, 0.2) is 18.2 Å². The number of nitrogens with zero attached hydrogens (tertiary/aromatic N) is 1. The van der Waals surface area contributed by atoms with Crippen LogP contribution in [0.1, 0.15) is 6.42 Å². The molecular weight excluding hydrogens is 307 g/mol. The molecule has 0 bridgehead atoms. The van der Waals surface area contributed by atoms with Crippen LogP contribution in [0.25, 0.3) is 0 Å². The molecule has 2 amide bonds. The lowest BCUT2D eigenvalue weighted by molar-refractivity contribution is -0.141. The number of aliphatic hydroxyl groups is 1. The van der Waals surface area contributed by atoms with Crippen LogP contribution in [-0.2, 0) is 4.79 Å². The van der Waals surface area contributed by atoms with E-state index in [1.165, 1.54) is 18.2 Å². The van der Waals surface area contributed by atoms with Crippen LogP contribution in [0.4, 0.5) is 10.5 Å². The number of anilines is 1. The van der Waals surface area contributed by atoms with E-state index in [4.69, 9.17) is 28.3 Å². The van der Waals surface area contributed by atoms with Crippen molar-refractivity contribution in [3.8, 4) is 0 Å². The van der Waals surface area contributed by atoms with Gasteiger partial charge in [-0.25, -0.2) is 9.59 Å². The van der Waals surface area contributed by atoms with Gasteiger partial charge in [0, 0.05) is 28.7 Å². The molecule has 6 nitrogen and oxygen atoms in total. The minimum Gasteiger partial charge on any atom is -0.480 e. The molecule has 0 saturated carbocycles. The Morgan fingerprint density at radius 1 is 1.25 bits per heavy atom. The van der Waals surface area contributed by atoms with E-state index in [0.29, 0.717) is 15.7 Å². The van der Waals surface area contributed by atoms with E-state index in [-0.39, 0.29) is 13.0 Å². The van der Waals surface area contributed by atoms with Gasteiger partial charge in [0.1, 0.15) is 6.04 Å². The molecule has 20 heavy (non-hydrogen) atoms. The van der Waals surface area contributed by atoms with Gasteiger partial charge in [0.25, 0.3) is 0 Å². The van der Waals surface area contributed by atoms with Crippen LogP contribution in [-0.4, -0.2) is 45.8 Å². The van der Waals surface area contributed by atoms with E-state index in [1.807, 2.05) is 0 Å². The maximum atomic E-state index is 12.1. The summed E-state index contributed by atoms with van der Waals surface area (Å²) in [5.74, 6) is -1.15. The summed E-state index contributed by atoms with van der Waals surface area (Å²) >= 11 is 11.6. The number of β-amino-alcohol motifs (C(OH)–C–C–N with tert-alkyl or cyclic N) is 1. The minimum absolute atomic E-state index is 0.0130. The Balaban J connectivity index is 2.13. The van der Waals surface area contributed by atoms with E-state index in [0.717, 1.165) is 4.90 Å². The van der Waals surface area contributed by atoms with Crippen molar-refractivity contribution in [2.24, 2.45) is 0 Å². The molecule has 1 heterocycles. The highest BCUT2D eigenvalue weighted by atomic mass is 35.5. The smallest absolute Gasteiger partial charge is 0.326 e. The Bertz CT molecular complexity index is 532. The number of urea groups is 1. The quantitative estimate of drug-likeness (QED) is 0.778. The average Bonchev–Trinajstić information content (AvgIpc) is 2.70. The van der Waals surface area contributed by atoms with Crippen molar-refractivity contribution >= 4 is 40.9 Å². The van der Waals surface area contributed by atoms with Crippen molar-refractivity contribution in [1.29, 1.82) is 0 Å². The summed E-state index contributed by atoms with van der Waals surface area (Å²) in [7, 11) is 0. The summed E-state index contributed by atoms with van der Waals surface area (Å²) in [6.07, 6.45) is -0.830. The molecule has 1 aromatic carbocycles. The summed E-state index contributed by atoms with van der Waals surface area (Å²) < 4.78 is 0. The van der Waals surface area contributed by atoms with E-state index in [2.05, 4.69) is 5.32 Å². The monoisotopic (exact) mass is 318 g/mol. The van der Waals surface area contributed by atoms with Gasteiger partial charge in [-0.15, -0.1) is 0 Å². The number of likely N-dealkylation sites (tertiary alicyclic amines) is 1. The van der Waals surface area contributed by atoms with E-state index >= 15 is 0 Å². The molecule has 0 aliphatic carbocycles. The van der Waals surface area contributed by atoms with Crippen LogP contribution in [0.3, 0.4) is 0 Å². The fourth-order valence-electron chi connectivity index (χ4n) is 2.09. The first kappa shape index (κ1) is 14.9. The zero-order chi connectivity index (χ0) is 14.9. The molecule has 1 aromatic rings. The third kappa shape index (κ3) is 3.33. The zero-order valence-corrected chi connectivity index (χ0v) is 11.7. The molecule has 8 heteroatoms. The van der Waals surface area contributed by atoms with E-state index in [1.54, 1.807) is 0 Å². The third-order valence-electron chi connectivity index (χ3n) is 2.94. The predicted molar refractivity (Wildman–Crippen MR) is 74.2 cm³/mol. The Hall–Kier alpha value is -1.50. The van der Waals surface area contributed by atoms with Crippen molar-refractivity contribution < 1.29 is 19.8 Å². The number of hydrogen-bond acceptors (Lipinski definition) is 3. The van der Waals surface area contributed by atoms with Gasteiger partial charge in [0.15, 0.2) is 0 Å². The predicted octanol–water partition coefficient (Wildman–Crippen LogP) is 2.05. The first-order valence-corrected chi connectivity index (χ1v) is 6.57. The van der Waals surface area contributed by atoms with Crippen molar-refractivity contribution in [3.05, 3.63) is 28.2 Å². The Kier molecular flexibility index (Phi) is 4.37. The molecule has 1 fully saturated rings. The number of halogens is 2. The number of carboxylic acid groups (broad SMARTS) is 1. The van der Waals surface area contributed by atoms with Gasteiger partial charge in [-0.1, -0.05) is 23.2 Å². The number of hydrogen-bond donors (Lipinski definition) is 3. The Labute approximate surface area is 124 Å². The highest BCUT2D eigenvalue weighted by Gasteiger charge is 2.39. The molecule has 0 spiro atoms. The number of rotatable bonds is 2. The second kappa shape index (κ2) is 5.87. The standard InChI is InChI=1S/C12H12Cl2N2O4/c13-6-1-7(14)3-8(2-6)15-12(20)16-5-9(17)4-10(16)11(18)19/h1-3,9-10,17H,4-5H2,(H,15,20)(H,18,19). The number of amides is 2. The van der Waals surface area contributed by atoms with Crippen LogP contribution < -0.4 is 5.32 Å². The van der Waals surface area contributed by atoms with Crippen LogP contribution in [0, 0.1) is 0 Å². The van der Waals surface area contributed by atoms with Crippen LogP contribution in [0.5, 0.6) is 0 Å². The molecule has 1 aliphatic heterocycles. The maximum Gasteiger partial charge on any atom is 0.326 e. The summed E-state index contributed by atoms with van der Waals surface area (Å²) in [5, 5.41) is 21.7. The number of carboxylic acids is 1. The molecular formula is C12H12Cl2N2O4. The summed E-state index contributed by atoms with van der Waals surface area (Å²) in [6.45, 7) is -0.0307. The molecule has 1 aliphatic rings. The fraction of sp³-hybridized carbons (Fsp3) is 0.333. The van der Waals surface area contributed by atoms with Crippen LogP contribution in [0.2, 0.25) is 10.0 Å². The molecule has 1 saturated heterocycles. The van der Waals surface area contributed by atoms with Crippen LogP contribution >= 0.6 is 23.2 Å². The number of aliphatic hydroxyl groups excluding tert-OH is 1. The average molecular weight is 319 g/mol. The first-order valence-electron chi connectivity index (χ1n) is 5.81. The topological polar surface area (TPSA) is 89.9 Å². The van der Waals surface area contributed by atoms with Gasteiger partial charge in [-0.2, -0.15) is 0 Å². The molecule has 0 radical (unpaired) electrons. The molecule has 3 N–H and O–H groups in total. The lowest BCUT2D eigenvalue weighted by Crippen LogP contribution is -2.43. The molecule has 2 unspecified atom stereocenters. The lowest BCUT2D eigenvalue weighted by Gasteiger charge is -2.21. The van der Waals surface area contributed by atoms with Gasteiger partial charge in [-0.3, -0.25) is 0 Å². The van der Waals surface area contributed by atoms with Gasteiger partial charge in [0.05, 0.1) is 6.10 Å². The summed E-state index contributed by atoms with van der Waals surface area (Å²) in [4.78, 5) is 24.2. The first-order chi connectivity index (χ1) is 9.36. The van der Waals surface area contributed by atoms with E-state index in [9.17, 15) is 14.7 Å². The number of carbonyl (C=O) groups is 2. The second-order valence-corrected chi connectivity index (χ2v) is 5.36. The highest BCUT2D eigenvalue weighted by Crippen LogP contribution is 2.24. The summed E-state index contributed by atoms with van der Waals surface area (Å²) in [5.41, 5.74) is 0.359.